The number of amides is 2. The fourth-order valence-electron chi connectivity index (χ4n) is 4.57. The van der Waals surface area contributed by atoms with Crippen LogP contribution in [0.4, 0.5) is 11.4 Å². The van der Waals surface area contributed by atoms with Crippen LogP contribution in [0.25, 0.3) is 5.76 Å². The molecule has 2 amide bonds. The number of hydrogen-bond acceptors (Lipinski definition) is 5. The van der Waals surface area contributed by atoms with E-state index in [1.807, 2.05) is 31.2 Å². The number of aliphatic hydroxyl groups is 1. The third-order valence-electron chi connectivity index (χ3n) is 6.40. The van der Waals surface area contributed by atoms with E-state index >= 15 is 0 Å². The molecule has 0 bridgehead atoms. The van der Waals surface area contributed by atoms with Gasteiger partial charge < -0.3 is 15.2 Å². The number of hydrogen-bond donors (Lipinski definition) is 2. The Morgan fingerprint density at radius 1 is 1.00 bits per heavy atom. The molecule has 3 aromatic carbocycles. The molecule has 38 heavy (non-hydrogen) atoms. The molecule has 7 heteroatoms. The van der Waals surface area contributed by atoms with Crippen molar-refractivity contribution in [1.29, 1.82) is 0 Å². The Kier molecular flexibility index (Phi) is 7.39. The van der Waals surface area contributed by atoms with Gasteiger partial charge in [0.15, 0.2) is 0 Å². The number of ether oxygens (including phenoxy) is 1. The molecule has 1 unspecified atom stereocenters. The molecular weight excluding hydrogens is 480 g/mol. The van der Waals surface area contributed by atoms with Crippen molar-refractivity contribution in [3.05, 3.63) is 95.1 Å². The molecule has 0 aromatic heterocycles. The summed E-state index contributed by atoms with van der Waals surface area (Å²) in [4.78, 5) is 40.0. The zero-order valence-electron chi connectivity index (χ0n) is 22.2. The average Bonchev–Trinajstić information content (AvgIpc) is 3.13. The van der Waals surface area contributed by atoms with Crippen molar-refractivity contribution in [3.8, 4) is 5.75 Å². The van der Waals surface area contributed by atoms with E-state index in [2.05, 4.69) is 26.1 Å². The predicted molar refractivity (Wildman–Crippen MR) is 148 cm³/mol. The molecule has 1 aliphatic heterocycles. The van der Waals surface area contributed by atoms with E-state index < -0.39 is 17.7 Å². The molecule has 0 saturated carbocycles. The lowest BCUT2D eigenvalue weighted by molar-refractivity contribution is -0.132. The van der Waals surface area contributed by atoms with E-state index in [-0.39, 0.29) is 22.7 Å². The molecule has 4 rings (SSSR count). The Hall–Kier alpha value is -4.39. The molecule has 0 aliphatic carbocycles. The van der Waals surface area contributed by atoms with Crippen molar-refractivity contribution in [2.75, 3.05) is 16.8 Å². The molecule has 1 heterocycles. The summed E-state index contributed by atoms with van der Waals surface area (Å²) >= 11 is 0. The van der Waals surface area contributed by atoms with Crippen LogP contribution in [0, 0.1) is 0 Å². The minimum absolute atomic E-state index is 0.0166. The summed E-state index contributed by atoms with van der Waals surface area (Å²) in [6, 6.07) is 20.4. The third kappa shape index (κ3) is 5.32. The maximum atomic E-state index is 13.5. The number of nitrogens with one attached hydrogen (secondary N) is 1. The van der Waals surface area contributed by atoms with Crippen LogP contribution < -0.4 is 15.0 Å². The second-order valence-electron chi connectivity index (χ2n) is 10.2. The maximum absolute atomic E-state index is 13.5. The van der Waals surface area contributed by atoms with E-state index in [4.69, 9.17) is 4.74 Å². The smallest absolute Gasteiger partial charge is 0.300 e. The van der Waals surface area contributed by atoms with Gasteiger partial charge in [-0.2, -0.15) is 0 Å². The van der Waals surface area contributed by atoms with Crippen LogP contribution in [-0.4, -0.2) is 29.3 Å². The van der Waals surface area contributed by atoms with E-state index in [1.165, 1.54) is 11.8 Å². The molecule has 7 nitrogen and oxygen atoms in total. The van der Waals surface area contributed by atoms with E-state index in [9.17, 15) is 19.5 Å². The molecule has 2 N–H and O–H groups in total. The van der Waals surface area contributed by atoms with Crippen LogP contribution in [0.15, 0.2) is 78.4 Å². The van der Waals surface area contributed by atoms with E-state index in [0.717, 1.165) is 5.56 Å². The standard InChI is InChI=1S/C31H32N2O5/c1-6-38-25-12-7-9-21(17-25)28(35)26-27(20-13-15-22(16-14-20)31(3,4)5)33(30(37)29(26)36)24-11-8-10-23(18-24)32-19(2)34/h7-18,27,35H,6H2,1-5H3,(H,32,34)/b28-26+. The van der Waals surface area contributed by atoms with Gasteiger partial charge in [-0.25, -0.2) is 0 Å². The summed E-state index contributed by atoms with van der Waals surface area (Å²) in [6.07, 6.45) is 0. The number of benzene rings is 3. The van der Waals surface area contributed by atoms with Crippen molar-refractivity contribution in [2.45, 2.75) is 46.1 Å². The summed E-state index contributed by atoms with van der Waals surface area (Å²) in [5, 5.41) is 14.1. The van der Waals surface area contributed by atoms with Crippen molar-refractivity contribution in [2.24, 2.45) is 0 Å². The lowest BCUT2D eigenvalue weighted by Gasteiger charge is -2.27. The highest BCUT2D eigenvalue weighted by atomic mass is 16.5. The van der Waals surface area contributed by atoms with Gasteiger partial charge in [0.2, 0.25) is 5.91 Å². The third-order valence-corrected chi connectivity index (χ3v) is 6.40. The molecule has 196 valence electrons. The van der Waals surface area contributed by atoms with Crippen LogP contribution in [0.5, 0.6) is 5.75 Å². The van der Waals surface area contributed by atoms with E-state index in [1.54, 1.807) is 48.5 Å². The summed E-state index contributed by atoms with van der Waals surface area (Å²) in [6.45, 7) is 10.0. The highest BCUT2D eigenvalue weighted by molar-refractivity contribution is 6.51. The summed E-state index contributed by atoms with van der Waals surface area (Å²) in [5.74, 6) is -1.56. The van der Waals surface area contributed by atoms with Gasteiger partial charge in [-0.1, -0.05) is 63.2 Å². The number of aliphatic hydroxyl groups excluding tert-OH is 1. The first-order valence-corrected chi connectivity index (χ1v) is 12.5. The maximum Gasteiger partial charge on any atom is 0.300 e. The average molecular weight is 513 g/mol. The van der Waals surface area contributed by atoms with Gasteiger partial charge in [0.25, 0.3) is 11.7 Å². The first kappa shape index (κ1) is 26.7. The minimum atomic E-state index is -0.882. The second kappa shape index (κ2) is 10.5. The fraction of sp³-hybridized carbons (Fsp3) is 0.258. The number of Topliss-reactive ketones (excluding diaryl/α,β-unsaturated/α-hetero) is 1. The Bertz CT molecular complexity index is 1420. The van der Waals surface area contributed by atoms with Crippen LogP contribution in [0.2, 0.25) is 0 Å². The van der Waals surface area contributed by atoms with Crippen LogP contribution in [0.1, 0.15) is 57.4 Å². The number of rotatable bonds is 6. The number of ketones is 1. The van der Waals surface area contributed by atoms with Crippen LogP contribution >= 0.6 is 0 Å². The first-order valence-electron chi connectivity index (χ1n) is 12.5. The zero-order chi connectivity index (χ0) is 27.6. The molecule has 0 spiro atoms. The van der Waals surface area contributed by atoms with Gasteiger partial charge in [-0.05, 0) is 53.8 Å². The molecule has 1 atom stereocenters. The summed E-state index contributed by atoms with van der Waals surface area (Å²) < 4.78 is 5.57. The van der Waals surface area contributed by atoms with Crippen molar-refractivity contribution in [1.82, 2.24) is 0 Å². The molecule has 0 radical (unpaired) electrons. The monoisotopic (exact) mass is 512 g/mol. The highest BCUT2D eigenvalue weighted by Crippen LogP contribution is 2.43. The van der Waals surface area contributed by atoms with Crippen molar-refractivity contribution in [3.63, 3.8) is 0 Å². The molecule has 1 aliphatic rings. The molecule has 1 fully saturated rings. The highest BCUT2D eigenvalue weighted by Gasteiger charge is 2.47. The fourth-order valence-corrected chi connectivity index (χ4v) is 4.57. The number of nitrogens with zero attached hydrogens (tertiary/aromatic N) is 1. The Morgan fingerprint density at radius 2 is 1.68 bits per heavy atom. The van der Waals surface area contributed by atoms with Gasteiger partial charge in [-0.3, -0.25) is 19.3 Å². The van der Waals surface area contributed by atoms with Gasteiger partial charge in [0.1, 0.15) is 11.5 Å². The van der Waals surface area contributed by atoms with Crippen molar-refractivity contribution >= 4 is 34.7 Å². The second-order valence-corrected chi connectivity index (χ2v) is 10.2. The SMILES string of the molecule is CCOc1cccc(/C(O)=C2\C(=O)C(=O)N(c3cccc(NC(C)=O)c3)C2c2ccc(C(C)(C)C)cc2)c1. The Morgan fingerprint density at radius 3 is 2.32 bits per heavy atom. The Labute approximate surface area is 222 Å². The van der Waals surface area contributed by atoms with E-state index in [0.29, 0.717) is 34.9 Å². The molecule has 1 saturated heterocycles. The normalized spacial score (nSPS) is 17.0. The number of carbonyl (C=O) groups excluding carboxylic acids is 3. The number of anilines is 2. The number of carbonyl (C=O) groups is 3. The topological polar surface area (TPSA) is 95.9 Å². The summed E-state index contributed by atoms with van der Waals surface area (Å²) in [5.41, 5.74) is 2.94. The van der Waals surface area contributed by atoms with Gasteiger partial charge >= 0.3 is 0 Å². The summed E-state index contributed by atoms with van der Waals surface area (Å²) in [7, 11) is 0. The lowest BCUT2D eigenvalue weighted by atomic mass is 9.85. The predicted octanol–water partition coefficient (Wildman–Crippen LogP) is 5.97. The lowest BCUT2D eigenvalue weighted by Crippen LogP contribution is -2.29. The van der Waals surface area contributed by atoms with Crippen LogP contribution in [-0.2, 0) is 19.8 Å². The van der Waals surface area contributed by atoms with Gasteiger partial charge in [0, 0.05) is 23.9 Å². The van der Waals surface area contributed by atoms with Gasteiger partial charge in [-0.15, -0.1) is 0 Å². The minimum Gasteiger partial charge on any atom is -0.507 e. The van der Waals surface area contributed by atoms with Crippen LogP contribution in [0.3, 0.4) is 0 Å². The van der Waals surface area contributed by atoms with Crippen molar-refractivity contribution < 1.29 is 24.2 Å². The van der Waals surface area contributed by atoms with Gasteiger partial charge in [0.05, 0.1) is 18.2 Å². The first-order chi connectivity index (χ1) is 18.0. The Balaban J connectivity index is 1.91. The largest absolute Gasteiger partial charge is 0.507 e. The quantitative estimate of drug-likeness (QED) is 0.241. The molecule has 3 aromatic rings. The molecular formula is C31H32N2O5. The zero-order valence-corrected chi connectivity index (χ0v) is 22.2.